The van der Waals surface area contributed by atoms with Crippen LogP contribution in [0.25, 0.3) is 0 Å². The van der Waals surface area contributed by atoms with E-state index in [0.717, 1.165) is 11.8 Å². The van der Waals surface area contributed by atoms with Crippen LogP contribution in [0.15, 0.2) is 43.0 Å². The Morgan fingerprint density at radius 2 is 1.78 bits per heavy atom. The van der Waals surface area contributed by atoms with Gasteiger partial charge in [0.05, 0.1) is 6.54 Å². The molecule has 1 rings (SSSR count). The van der Waals surface area contributed by atoms with Gasteiger partial charge in [0.1, 0.15) is 6.61 Å². The number of para-hydroxylation sites is 1. The predicted molar refractivity (Wildman–Crippen MR) is 105 cm³/mol. The number of nitrogens with one attached hydrogen (secondary N) is 1. The van der Waals surface area contributed by atoms with E-state index in [1.807, 2.05) is 30.3 Å². The molecule has 0 heterocycles. The van der Waals surface area contributed by atoms with E-state index in [1.165, 1.54) is 0 Å². The lowest BCUT2D eigenvalue weighted by Crippen LogP contribution is -2.45. The molecule has 0 aliphatic carbocycles. The molecule has 1 aromatic carbocycles. The summed E-state index contributed by atoms with van der Waals surface area (Å²) in [5.74, 6) is -0.524. The fourth-order valence-corrected chi connectivity index (χ4v) is 4.13. The van der Waals surface area contributed by atoms with Crippen molar-refractivity contribution in [1.82, 2.24) is 5.32 Å². The van der Waals surface area contributed by atoms with Crippen molar-refractivity contribution in [2.45, 2.75) is 12.5 Å². The lowest BCUT2D eigenvalue weighted by atomic mass is 10.3. The van der Waals surface area contributed by atoms with Gasteiger partial charge < -0.3 is 23.3 Å². The number of amides is 2. The summed E-state index contributed by atoms with van der Waals surface area (Å²) < 4.78 is 21.1. The second kappa shape index (κ2) is 12.2. The van der Waals surface area contributed by atoms with Crippen LogP contribution in [-0.2, 0) is 22.8 Å². The minimum Gasteiger partial charge on any atom is -0.461 e. The number of hydrogen-bond acceptors (Lipinski definition) is 6. The molecule has 0 saturated heterocycles. The Morgan fingerprint density at radius 3 is 2.33 bits per heavy atom. The number of nitrogens with zero attached hydrogens (tertiary/aromatic N) is 1. The van der Waals surface area contributed by atoms with Gasteiger partial charge in [-0.15, -0.1) is 0 Å². The van der Waals surface area contributed by atoms with Gasteiger partial charge in [0.15, 0.2) is 0 Å². The van der Waals surface area contributed by atoms with Gasteiger partial charge in [-0.3, -0.25) is 4.90 Å². The van der Waals surface area contributed by atoms with Crippen molar-refractivity contribution in [1.29, 1.82) is 0 Å². The first kappa shape index (κ1) is 22.8. The zero-order valence-electron chi connectivity index (χ0n) is 16.1. The molecule has 8 nitrogen and oxygen atoms in total. The maximum atomic E-state index is 12.6. The third-order valence-corrected chi connectivity index (χ3v) is 6.73. The zero-order chi connectivity index (χ0) is 20.1. The van der Waals surface area contributed by atoms with E-state index in [1.54, 1.807) is 26.2 Å². The highest BCUT2D eigenvalue weighted by molar-refractivity contribution is 6.60. The largest absolute Gasteiger partial charge is 0.500 e. The van der Waals surface area contributed by atoms with Crippen LogP contribution in [0.4, 0.5) is 10.5 Å². The second-order valence-electron chi connectivity index (χ2n) is 5.49. The molecule has 0 unspecified atom stereocenters. The average molecular weight is 397 g/mol. The van der Waals surface area contributed by atoms with E-state index >= 15 is 0 Å². The number of carbonyl (C=O) groups excluding carboxylic acids is 2. The predicted octanol–water partition coefficient (Wildman–Crippen LogP) is 2.20. The molecule has 1 aromatic rings. The van der Waals surface area contributed by atoms with Crippen LogP contribution in [-0.4, -0.2) is 61.8 Å². The molecule has 2 amide bonds. The van der Waals surface area contributed by atoms with E-state index < -0.39 is 14.8 Å². The quantitative estimate of drug-likeness (QED) is 0.252. The number of ether oxygens (including phenoxy) is 1. The number of urea groups is 1. The minimum atomic E-state index is -2.69. The molecule has 9 heteroatoms. The number of carbonyl (C=O) groups is 2. The van der Waals surface area contributed by atoms with E-state index in [4.69, 9.17) is 18.0 Å². The highest BCUT2D eigenvalue weighted by atomic mass is 28.4. The van der Waals surface area contributed by atoms with E-state index in [2.05, 4.69) is 11.9 Å². The topological polar surface area (TPSA) is 86.3 Å². The maximum Gasteiger partial charge on any atom is 0.500 e. The average Bonchev–Trinajstić information content (AvgIpc) is 2.72. The number of benzene rings is 1. The van der Waals surface area contributed by atoms with Crippen LogP contribution < -0.4 is 10.2 Å². The summed E-state index contributed by atoms with van der Waals surface area (Å²) in [7, 11) is 1.99. The van der Waals surface area contributed by atoms with Crippen LogP contribution in [0.5, 0.6) is 0 Å². The number of anilines is 1. The van der Waals surface area contributed by atoms with Gasteiger partial charge in [-0.1, -0.05) is 24.8 Å². The van der Waals surface area contributed by atoms with Crippen LogP contribution in [0.2, 0.25) is 6.04 Å². The fraction of sp³-hybridized carbons (Fsp3) is 0.444. The van der Waals surface area contributed by atoms with E-state index in [-0.39, 0.29) is 19.2 Å². The maximum absolute atomic E-state index is 12.6. The molecule has 0 fully saturated rings. The van der Waals surface area contributed by atoms with Gasteiger partial charge >= 0.3 is 20.8 Å². The first-order valence-corrected chi connectivity index (χ1v) is 10.5. The van der Waals surface area contributed by atoms with Crippen molar-refractivity contribution in [3.8, 4) is 0 Å². The molecule has 150 valence electrons. The van der Waals surface area contributed by atoms with Crippen molar-refractivity contribution < 1.29 is 27.6 Å². The van der Waals surface area contributed by atoms with Gasteiger partial charge in [-0.25, -0.2) is 9.59 Å². The highest BCUT2D eigenvalue weighted by Crippen LogP contribution is 2.18. The molecule has 0 atom stereocenters. The van der Waals surface area contributed by atoms with Crippen LogP contribution in [0.3, 0.4) is 0 Å². The summed E-state index contributed by atoms with van der Waals surface area (Å²) >= 11 is 0. The first-order chi connectivity index (χ1) is 13.0. The fourth-order valence-electron chi connectivity index (χ4n) is 2.43. The van der Waals surface area contributed by atoms with Crippen molar-refractivity contribution in [3.05, 3.63) is 43.0 Å². The van der Waals surface area contributed by atoms with Crippen molar-refractivity contribution >= 4 is 26.5 Å². The van der Waals surface area contributed by atoms with Crippen molar-refractivity contribution in [2.75, 3.05) is 45.9 Å². The summed E-state index contributed by atoms with van der Waals surface area (Å²) in [6, 6.07) is 9.60. The summed E-state index contributed by atoms with van der Waals surface area (Å²) in [5, 5.41) is 2.74. The second-order valence-corrected chi connectivity index (χ2v) is 8.58. The van der Waals surface area contributed by atoms with E-state index in [9.17, 15) is 9.59 Å². The summed E-state index contributed by atoms with van der Waals surface area (Å²) in [4.78, 5) is 25.3. The third-order valence-electron chi connectivity index (χ3n) is 3.90. The number of rotatable bonds is 12. The minimum absolute atomic E-state index is 0.0757. The Bertz CT molecular complexity index is 587. The Kier molecular flexibility index (Phi) is 10.3. The smallest absolute Gasteiger partial charge is 0.461 e. The van der Waals surface area contributed by atoms with Gasteiger partial charge in [0.25, 0.3) is 0 Å². The molecule has 0 saturated carbocycles. The van der Waals surface area contributed by atoms with Crippen molar-refractivity contribution in [2.24, 2.45) is 0 Å². The number of hydrogen-bond donors (Lipinski definition) is 1. The molecule has 0 spiro atoms. The van der Waals surface area contributed by atoms with Gasteiger partial charge in [0, 0.05) is 45.7 Å². The monoisotopic (exact) mass is 396 g/mol. The van der Waals surface area contributed by atoms with Crippen LogP contribution in [0.1, 0.15) is 6.42 Å². The molecular formula is C18H28N2O6Si. The summed E-state index contributed by atoms with van der Waals surface area (Å²) in [6.45, 7) is 4.05. The zero-order valence-corrected chi connectivity index (χ0v) is 17.1. The molecular weight excluding hydrogens is 368 g/mol. The first-order valence-electron chi connectivity index (χ1n) is 8.57. The molecule has 0 radical (unpaired) electrons. The van der Waals surface area contributed by atoms with E-state index in [0.29, 0.717) is 19.0 Å². The standard InChI is InChI=1S/C18H28N2O6Si/c1-5-17(21)26-14-12-19-18(22)20(16-10-7-6-8-11-16)13-9-15-27(23-2,24-3)25-4/h5-8,10-11H,1,9,12-15H2,2-4H3,(H,19,22). The van der Waals surface area contributed by atoms with Crippen molar-refractivity contribution in [3.63, 3.8) is 0 Å². The summed E-state index contributed by atoms with van der Waals surface area (Å²) in [6.07, 6.45) is 1.71. The van der Waals surface area contributed by atoms with Gasteiger partial charge in [-0.2, -0.15) is 0 Å². The molecule has 0 aliphatic heterocycles. The van der Waals surface area contributed by atoms with Gasteiger partial charge in [-0.05, 0) is 18.6 Å². The molecule has 27 heavy (non-hydrogen) atoms. The Balaban J connectivity index is 2.67. The lowest BCUT2D eigenvalue weighted by molar-refractivity contribution is -0.137. The Labute approximate surface area is 161 Å². The van der Waals surface area contributed by atoms with Gasteiger partial charge in [0.2, 0.25) is 0 Å². The molecule has 1 N–H and O–H groups in total. The Morgan fingerprint density at radius 1 is 1.15 bits per heavy atom. The summed E-state index contributed by atoms with van der Waals surface area (Å²) in [5.41, 5.74) is 0.762. The normalized spacial score (nSPS) is 10.9. The molecule has 0 bridgehead atoms. The lowest BCUT2D eigenvalue weighted by Gasteiger charge is -2.27. The molecule has 0 aromatic heterocycles. The third kappa shape index (κ3) is 7.51. The SMILES string of the molecule is C=CC(=O)OCCNC(=O)N(CCC[Si](OC)(OC)OC)c1ccccc1. The highest BCUT2D eigenvalue weighted by Gasteiger charge is 2.37. The number of esters is 1. The van der Waals surface area contributed by atoms with Crippen LogP contribution in [0, 0.1) is 0 Å². The molecule has 0 aliphatic rings. The van der Waals surface area contributed by atoms with Crippen LogP contribution >= 0.6 is 0 Å². The Hall–Kier alpha value is -2.20.